The van der Waals surface area contributed by atoms with Crippen LogP contribution in [-0.2, 0) is 4.79 Å². The smallest absolute Gasteiger partial charge is 0.306 e. The molecular formula is C23H31NO4. The van der Waals surface area contributed by atoms with Crippen LogP contribution in [0, 0.1) is 11.8 Å². The van der Waals surface area contributed by atoms with Crippen molar-refractivity contribution in [1.29, 1.82) is 0 Å². The van der Waals surface area contributed by atoms with E-state index in [-0.39, 0.29) is 17.7 Å². The van der Waals surface area contributed by atoms with Gasteiger partial charge >= 0.3 is 5.97 Å². The van der Waals surface area contributed by atoms with Gasteiger partial charge in [-0.25, -0.2) is 0 Å². The zero-order valence-corrected chi connectivity index (χ0v) is 16.6. The van der Waals surface area contributed by atoms with Crippen molar-refractivity contribution in [3.8, 4) is 0 Å². The van der Waals surface area contributed by atoms with Gasteiger partial charge in [0.2, 0.25) is 0 Å². The Labute approximate surface area is 167 Å². The minimum atomic E-state index is -0.618. The summed E-state index contributed by atoms with van der Waals surface area (Å²) in [6, 6.07) is 7.00. The fraction of sp³-hybridized carbons (Fsp3) is 0.609. The van der Waals surface area contributed by atoms with Crippen molar-refractivity contribution in [2.45, 2.75) is 70.6 Å². The minimum Gasteiger partial charge on any atom is -0.481 e. The summed E-state index contributed by atoms with van der Waals surface area (Å²) in [5, 5.41) is 9.46. The van der Waals surface area contributed by atoms with Gasteiger partial charge in [-0.2, -0.15) is 0 Å². The lowest BCUT2D eigenvalue weighted by atomic mass is 9.86. The third kappa shape index (κ3) is 4.81. The van der Waals surface area contributed by atoms with Gasteiger partial charge in [0, 0.05) is 6.54 Å². The molecule has 1 fully saturated rings. The number of imide groups is 1. The highest BCUT2D eigenvalue weighted by atomic mass is 16.4. The van der Waals surface area contributed by atoms with E-state index in [2.05, 4.69) is 0 Å². The number of hydrogen-bond donors (Lipinski definition) is 1. The lowest BCUT2D eigenvalue weighted by molar-refractivity contribution is -0.144. The standard InChI is InChI=1S/C23H31NO4/c25-21-19-14-8-9-15-20(19)22(26)24(21)16-10-4-2-1-3-5-13-18(23(27)28)17-11-6-7-12-17/h8-9,14-15,17-18H,1-7,10-13,16H2,(H,27,28). The largest absolute Gasteiger partial charge is 0.481 e. The molecule has 2 amide bonds. The molecule has 1 N–H and O–H groups in total. The second-order valence-corrected chi connectivity index (χ2v) is 8.21. The Bertz CT molecular complexity index is 673. The molecule has 1 aromatic rings. The summed E-state index contributed by atoms with van der Waals surface area (Å²) in [4.78, 5) is 37.5. The summed E-state index contributed by atoms with van der Waals surface area (Å²) >= 11 is 0. The van der Waals surface area contributed by atoms with E-state index in [9.17, 15) is 19.5 Å². The number of rotatable bonds is 11. The van der Waals surface area contributed by atoms with Crippen molar-refractivity contribution in [2.75, 3.05) is 6.54 Å². The number of carbonyl (C=O) groups is 3. The Morgan fingerprint density at radius 3 is 2.04 bits per heavy atom. The molecule has 1 atom stereocenters. The molecular weight excluding hydrogens is 354 g/mol. The van der Waals surface area contributed by atoms with Gasteiger partial charge in [0.05, 0.1) is 17.0 Å². The van der Waals surface area contributed by atoms with Crippen molar-refractivity contribution in [3.05, 3.63) is 35.4 Å². The van der Waals surface area contributed by atoms with Gasteiger partial charge in [0.15, 0.2) is 0 Å². The Morgan fingerprint density at radius 2 is 1.46 bits per heavy atom. The van der Waals surface area contributed by atoms with E-state index in [1.807, 2.05) is 0 Å². The van der Waals surface area contributed by atoms with Crippen LogP contribution in [0.5, 0.6) is 0 Å². The highest BCUT2D eigenvalue weighted by Gasteiger charge is 2.34. The number of carbonyl (C=O) groups excluding carboxylic acids is 2. The molecule has 0 aromatic heterocycles. The molecule has 5 nitrogen and oxygen atoms in total. The van der Waals surface area contributed by atoms with Crippen LogP contribution < -0.4 is 0 Å². The quantitative estimate of drug-likeness (QED) is 0.434. The van der Waals surface area contributed by atoms with Crippen LogP contribution in [0.2, 0.25) is 0 Å². The van der Waals surface area contributed by atoms with E-state index in [4.69, 9.17) is 0 Å². The van der Waals surface area contributed by atoms with E-state index in [0.29, 0.717) is 23.6 Å². The highest BCUT2D eigenvalue weighted by Crippen LogP contribution is 2.34. The summed E-state index contributed by atoms with van der Waals surface area (Å²) in [5.41, 5.74) is 1.03. The first kappa shape index (κ1) is 20.6. The van der Waals surface area contributed by atoms with Crippen LogP contribution in [-0.4, -0.2) is 34.3 Å². The first-order valence-electron chi connectivity index (χ1n) is 10.8. The van der Waals surface area contributed by atoms with Crippen LogP contribution in [0.25, 0.3) is 0 Å². The molecule has 0 spiro atoms. The summed E-state index contributed by atoms with van der Waals surface area (Å²) in [6.07, 6.45) is 11.3. The summed E-state index contributed by atoms with van der Waals surface area (Å²) in [5.74, 6) is -0.735. The number of nitrogens with zero attached hydrogens (tertiary/aromatic N) is 1. The first-order chi connectivity index (χ1) is 13.6. The average molecular weight is 386 g/mol. The summed E-state index contributed by atoms with van der Waals surface area (Å²) in [6.45, 7) is 0.481. The summed E-state index contributed by atoms with van der Waals surface area (Å²) < 4.78 is 0. The van der Waals surface area contributed by atoms with Crippen molar-refractivity contribution < 1.29 is 19.5 Å². The second-order valence-electron chi connectivity index (χ2n) is 8.21. The van der Waals surface area contributed by atoms with Gasteiger partial charge in [0.25, 0.3) is 11.8 Å². The third-order valence-electron chi connectivity index (χ3n) is 6.31. The van der Waals surface area contributed by atoms with Gasteiger partial charge in [-0.1, -0.05) is 57.1 Å². The molecule has 28 heavy (non-hydrogen) atoms. The lowest BCUT2D eigenvalue weighted by Crippen LogP contribution is -2.30. The Hall–Kier alpha value is -2.17. The van der Waals surface area contributed by atoms with Crippen molar-refractivity contribution in [2.24, 2.45) is 11.8 Å². The number of fused-ring (bicyclic) bond motifs is 1. The number of carboxylic acids is 1. The Kier molecular flexibility index (Phi) is 7.24. The molecule has 1 heterocycles. The van der Waals surface area contributed by atoms with E-state index in [0.717, 1.165) is 57.8 Å². The van der Waals surface area contributed by atoms with Crippen molar-refractivity contribution >= 4 is 17.8 Å². The van der Waals surface area contributed by atoms with E-state index < -0.39 is 5.97 Å². The van der Waals surface area contributed by atoms with Crippen molar-refractivity contribution in [3.63, 3.8) is 0 Å². The van der Waals surface area contributed by atoms with Gasteiger partial charge in [-0.3, -0.25) is 19.3 Å². The molecule has 0 saturated heterocycles. The fourth-order valence-corrected chi connectivity index (χ4v) is 4.70. The average Bonchev–Trinajstić information content (AvgIpc) is 3.29. The third-order valence-corrected chi connectivity index (χ3v) is 6.31. The van der Waals surface area contributed by atoms with E-state index in [1.165, 1.54) is 17.7 Å². The van der Waals surface area contributed by atoms with Gasteiger partial charge in [-0.05, 0) is 43.7 Å². The number of carboxylic acid groups (broad SMARTS) is 1. The Morgan fingerprint density at radius 1 is 0.929 bits per heavy atom. The fourth-order valence-electron chi connectivity index (χ4n) is 4.70. The predicted molar refractivity (Wildman–Crippen MR) is 107 cm³/mol. The maximum atomic E-state index is 12.3. The molecule has 3 rings (SSSR count). The van der Waals surface area contributed by atoms with E-state index >= 15 is 0 Å². The molecule has 1 unspecified atom stereocenters. The zero-order chi connectivity index (χ0) is 19.9. The number of hydrogen-bond acceptors (Lipinski definition) is 3. The number of amides is 2. The molecule has 1 aromatic carbocycles. The molecule has 152 valence electrons. The second kappa shape index (κ2) is 9.85. The molecule has 1 aliphatic heterocycles. The van der Waals surface area contributed by atoms with Gasteiger partial charge < -0.3 is 5.11 Å². The molecule has 2 aliphatic rings. The predicted octanol–water partition coefficient (Wildman–Crippen LogP) is 4.90. The molecule has 1 saturated carbocycles. The SMILES string of the molecule is O=C(O)C(CCCCCCCCN1C(=O)c2ccccc2C1=O)C1CCCC1. The van der Waals surface area contributed by atoms with Crippen LogP contribution in [0.1, 0.15) is 91.3 Å². The van der Waals surface area contributed by atoms with Crippen molar-refractivity contribution in [1.82, 2.24) is 4.90 Å². The van der Waals surface area contributed by atoms with Gasteiger partial charge in [-0.15, -0.1) is 0 Å². The summed E-state index contributed by atoms with van der Waals surface area (Å²) in [7, 11) is 0. The first-order valence-corrected chi connectivity index (χ1v) is 10.8. The Balaban J connectivity index is 1.28. The van der Waals surface area contributed by atoms with Crippen LogP contribution in [0.15, 0.2) is 24.3 Å². The monoisotopic (exact) mass is 385 g/mol. The number of unbranched alkanes of at least 4 members (excludes halogenated alkanes) is 5. The van der Waals surface area contributed by atoms with Crippen LogP contribution in [0.4, 0.5) is 0 Å². The number of aliphatic carboxylic acids is 1. The highest BCUT2D eigenvalue weighted by molar-refractivity contribution is 6.21. The van der Waals surface area contributed by atoms with Gasteiger partial charge in [0.1, 0.15) is 0 Å². The maximum Gasteiger partial charge on any atom is 0.306 e. The molecule has 5 heteroatoms. The lowest BCUT2D eigenvalue weighted by Gasteiger charge is -2.18. The van der Waals surface area contributed by atoms with Crippen LogP contribution in [0.3, 0.4) is 0 Å². The molecule has 0 radical (unpaired) electrons. The topological polar surface area (TPSA) is 74.7 Å². The van der Waals surface area contributed by atoms with Crippen LogP contribution >= 0.6 is 0 Å². The molecule has 0 bridgehead atoms. The number of benzene rings is 1. The maximum absolute atomic E-state index is 12.3. The van der Waals surface area contributed by atoms with E-state index in [1.54, 1.807) is 24.3 Å². The zero-order valence-electron chi connectivity index (χ0n) is 16.6. The molecule has 1 aliphatic carbocycles. The minimum absolute atomic E-state index is 0.156. The normalized spacial score (nSPS) is 17.9.